The zero-order valence-electron chi connectivity index (χ0n) is 11.4. The molecule has 1 rings (SSSR count). The fourth-order valence-electron chi connectivity index (χ4n) is 2.86. The third-order valence-electron chi connectivity index (χ3n) is 3.37. The van der Waals surface area contributed by atoms with Crippen molar-refractivity contribution in [2.24, 2.45) is 0 Å². The second-order valence-corrected chi connectivity index (χ2v) is 9.92. The van der Waals surface area contributed by atoms with E-state index in [9.17, 15) is 13.2 Å². The summed E-state index contributed by atoms with van der Waals surface area (Å²) >= 11 is 0. The maximum atomic E-state index is 13.4. The highest BCUT2D eigenvalue weighted by Crippen LogP contribution is 2.40. The van der Waals surface area contributed by atoms with E-state index in [2.05, 4.69) is 6.58 Å². The fourth-order valence-corrected chi connectivity index (χ4v) is 7.73. The normalized spacial score (nSPS) is 29.3. The van der Waals surface area contributed by atoms with Crippen LogP contribution in [0.5, 0.6) is 0 Å². The van der Waals surface area contributed by atoms with Gasteiger partial charge in [0.1, 0.15) is 0 Å². The Morgan fingerprint density at radius 1 is 1.39 bits per heavy atom. The van der Waals surface area contributed by atoms with Gasteiger partial charge < -0.3 is 4.43 Å². The zero-order chi connectivity index (χ0) is 14.0. The monoisotopic (exact) mass is 280 g/mol. The van der Waals surface area contributed by atoms with Crippen LogP contribution in [0, 0.1) is 0 Å². The molecule has 0 aliphatic carbocycles. The summed E-state index contributed by atoms with van der Waals surface area (Å²) in [5.41, 5.74) is 0.586. The van der Waals surface area contributed by atoms with Gasteiger partial charge in [-0.3, -0.25) is 0 Å². The zero-order valence-corrected chi connectivity index (χ0v) is 12.4. The first-order valence-electron chi connectivity index (χ1n) is 6.43. The highest BCUT2D eigenvalue weighted by Gasteiger charge is 2.46. The lowest BCUT2D eigenvalue weighted by atomic mass is 10.0. The Labute approximate surface area is 109 Å². The Morgan fingerprint density at radius 2 is 2.00 bits per heavy atom. The van der Waals surface area contributed by atoms with Crippen LogP contribution in [0.2, 0.25) is 18.1 Å². The van der Waals surface area contributed by atoms with Gasteiger partial charge in [0.05, 0.1) is 5.60 Å². The van der Waals surface area contributed by atoms with Crippen molar-refractivity contribution in [3.63, 3.8) is 0 Å². The van der Waals surface area contributed by atoms with Gasteiger partial charge >= 0.3 is 0 Å². The minimum absolute atomic E-state index is 0.110. The molecule has 1 saturated heterocycles. The lowest BCUT2D eigenvalue weighted by Crippen LogP contribution is -2.51. The van der Waals surface area contributed by atoms with Crippen LogP contribution in [0.15, 0.2) is 12.2 Å². The number of rotatable bonds is 5. The van der Waals surface area contributed by atoms with Crippen LogP contribution in [0.1, 0.15) is 33.6 Å². The van der Waals surface area contributed by atoms with E-state index in [0.717, 1.165) is 24.5 Å². The van der Waals surface area contributed by atoms with Gasteiger partial charge in [-0.1, -0.05) is 12.0 Å². The van der Waals surface area contributed by atoms with E-state index in [1.165, 1.54) is 0 Å². The molecule has 5 heteroatoms. The van der Waals surface area contributed by atoms with Crippen molar-refractivity contribution < 1.29 is 17.6 Å². The Morgan fingerprint density at radius 3 is 2.44 bits per heavy atom. The first kappa shape index (κ1) is 15.8. The van der Waals surface area contributed by atoms with E-state index < -0.39 is 20.9 Å². The van der Waals surface area contributed by atoms with E-state index in [0.29, 0.717) is 6.04 Å². The number of alkyl halides is 3. The van der Waals surface area contributed by atoms with Crippen LogP contribution in [-0.2, 0) is 4.43 Å². The molecule has 106 valence electrons. The van der Waals surface area contributed by atoms with Gasteiger partial charge in [0.25, 0.3) is 6.43 Å². The summed E-state index contributed by atoms with van der Waals surface area (Å²) in [4.78, 5) is 0. The van der Waals surface area contributed by atoms with Gasteiger partial charge in [-0.25, -0.2) is 13.2 Å². The second-order valence-electron chi connectivity index (χ2n) is 6.09. The molecule has 0 aromatic rings. The third kappa shape index (κ3) is 4.43. The third-order valence-corrected chi connectivity index (χ3v) is 8.00. The minimum atomic E-state index is -2.91. The fraction of sp³-hybridized carbons (Fsp3) is 0.846. The lowest BCUT2D eigenvalue weighted by molar-refractivity contribution is 0.0400. The summed E-state index contributed by atoms with van der Waals surface area (Å²) in [5, 5.41) is 0. The van der Waals surface area contributed by atoms with Gasteiger partial charge in [0.15, 0.2) is 6.17 Å². The van der Waals surface area contributed by atoms with E-state index in [-0.39, 0.29) is 11.6 Å². The summed E-state index contributed by atoms with van der Waals surface area (Å²) in [6.07, 6.45) is -3.13. The molecule has 1 aliphatic rings. The maximum absolute atomic E-state index is 13.4. The van der Waals surface area contributed by atoms with Crippen molar-refractivity contribution in [3.8, 4) is 0 Å². The summed E-state index contributed by atoms with van der Waals surface area (Å²) in [5.74, 6) is 0. The van der Waals surface area contributed by atoms with Gasteiger partial charge in [-0.2, -0.15) is 0 Å². The van der Waals surface area contributed by atoms with Crippen molar-refractivity contribution in [3.05, 3.63) is 12.2 Å². The molecule has 0 aromatic heterocycles. The minimum Gasteiger partial charge on any atom is -0.411 e. The molecule has 1 fully saturated rings. The van der Waals surface area contributed by atoms with E-state index >= 15 is 0 Å². The Kier molecular flexibility index (Phi) is 5.06. The van der Waals surface area contributed by atoms with Gasteiger partial charge in [0, 0.05) is 6.04 Å². The predicted molar refractivity (Wildman–Crippen MR) is 70.3 cm³/mol. The summed E-state index contributed by atoms with van der Waals surface area (Å²) in [6, 6.07) is 1.24. The van der Waals surface area contributed by atoms with E-state index in [1.807, 2.05) is 20.8 Å². The second kappa shape index (κ2) is 5.78. The topological polar surface area (TPSA) is 9.23 Å². The molecule has 2 atom stereocenters. The van der Waals surface area contributed by atoms with Crippen LogP contribution in [-0.4, -0.2) is 26.5 Å². The van der Waals surface area contributed by atoms with Crippen LogP contribution in [0.4, 0.5) is 13.2 Å². The van der Waals surface area contributed by atoms with Crippen LogP contribution >= 0.6 is 0 Å². The summed E-state index contributed by atoms with van der Waals surface area (Å²) < 4.78 is 44.4. The first-order valence-corrected chi connectivity index (χ1v) is 8.96. The largest absolute Gasteiger partial charge is 0.411 e. The van der Waals surface area contributed by atoms with Crippen molar-refractivity contribution in [2.45, 2.75) is 69.9 Å². The van der Waals surface area contributed by atoms with Crippen LogP contribution in [0.25, 0.3) is 0 Å². The van der Waals surface area contributed by atoms with Crippen LogP contribution < -0.4 is 0 Å². The molecule has 0 N–H and O–H groups in total. The summed E-state index contributed by atoms with van der Waals surface area (Å²) in [6.45, 7) is 9.62. The molecule has 1 nitrogen and oxygen atoms in total. The summed E-state index contributed by atoms with van der Waals surface area (Å²) in [7, 11) is -2.46. The molecule has 18 heavy (non-hydrogen) atoms. The molecule has 0 amide bonds. The number of allylic oxidation sites excluding steroid dienone is 1. The Balaban J connectivity index is 2.84. The molecule has 0 bridgehead atoms. The van der Waals surface area contributed by atoms with Crippen LogP contribution in [0.3, 0.4) is 0 Å². The molecule has 0 saturated carbocycles. The molecular weight excluding hydrogens is 257 g/mol. The SMILES string of the molecule is C=C(C)C[Si]1(CC(F)C(F)F)CCCC(C)(C)O1. The lowest BCUT2D eigenvalue weighted by Gasteiger charge is -2.45. The van der Waals surface area contributed by atoms with Crippen molar-refractivity contribution in [1.29, 1.82) is 0 Å². The van der Waals surface area contributed by atoms with Gasteiger partial charge in [0.2, 0.25) is 8.32 Å². The molecule has 0 aromatic carbocycles. The molecular formula is C13H23F3OSi. The Hall–Kier alpha value is -0.293. The smallest absolute Gasteiger partial charge is 0.269 e. The van der Waals surface area contributed by atoms with E-state index in [1.54, 1.807) is 0 Å². The molecule has 1 aliphatic heterocycles. The van der Waals surface area contributed by atoms with Crippen molar-refractivity contribution >= 4 is 8.32 Å². The number of hydrogen-bond acceptors (Lipinski definition) is 1. The number of hydrogen-bond donors (Lipinski definition) is 0. The number of halogens is 3. The van der Waals surface area contributed by atoms with Crippen molar-refractivity contribution in [1.82, 2.24) is 0 Å². The predicted octanol–water partition coefficient (Wildman–Crippen LogP) is 4.70. The maximum Gasteiger partial charge on any atom is 0.269 e. The average Bonchev–Trinajstić information content (AvgIpc) is 2.13. The highest BCUT2D eigenvalue weighted by molar-refractivity contribution is 6.74. The van der Waals surface area contributed by atoms with Crippen molar-refractivity contribution in [2.75, 3.05) is 0 Å². The molecule has 0 radical (unpaired) electrons. The van der Waals surface area contributed by atoms with Gasteiger partial charge in [-0.05, 0) is 39.3 Å². The molecule has 2 unspecified atom stereocenters. The molecule has 1 heterocycles. The standard InChI is InChI=1S/C13H23F3OSi/c1-10(2)8-18(9-11(14)12(15)16)7-5-6-13(3,4)17-18/h11-12H,1,5-9H2,2-4H3. The first-order chi connectivity index (χ1) is 8.16. The quantitative estimate of drug-likeness (QED) is 0.524. The molecule has 0 spiro atoms. The highest BCUT2D eigenvalue weighted by atomic mass is 28.4. The van der Waals surface area contributed by atoms with E-state index in [4.69, 9.17) is 4.43 Å². The van der Waals surface area contributed by atoms with Gasteiger partial charge in [-0.15, -0.1) is 6.58 Å². The average molecular weight is 280 g/mol. The Bertz CT molecular complexity index is 307.